The minimum Gasteiger partial charge on any atom is -0.480 e. The van der Waals surface area contributed by atoms with Crippen molar-refractivity contribution in [1.29, 1.82) is 0 Å². The Labute approximate surface area is 97.6 Å². The molecule has 1 rings (SSSR count). The molecule has 0 amide bonds. The second-order valence-corrected chi connectivity index (χ2v) is 5.56. The third kappa shape index (κ3) is 3.46. The Hall–Kier alpha value is -0.610. The number of nitrogens with zero attached hydrogens (tertiary/aromatic N) is 1. The number of carboxylic acids is 1. The van der Waals surface area contributed by atoms with Gasteiger partial charge >= 0.3 is 5.97 Å². The van der Waals surface area contributed by atoms with Crippen LogP contribution in [0.3, 0.4) is 0 Å². The lowest BCUT2D eigenvalue weighted by atomic mass is 9.94. The summed E-state index contributed by atoms with van der Waals surface area (Å²) in [4.78, 5) is 13.0. The van der Waals surface area contributed by atoms with E-state index < -0.39 is 5.97 Å². The van der Waals surface area contributed by atoms with E-state index in [0.717, 1.165) is 19.6 Å². The fourth-order valence-electron chi connectivity index (χ4n) is 2.33. The smallest absolute Gasteiger partial charge is 0.317 e. The lowest BCUT2D eigenvalue weighted by Gasteiger charge is -2.41. The normalized spacial score (nSPS) is 23.7. The summed E-state index contributed by atoms with van der Waals surface area (Å²) < 4.78 is 5.37. The van der Waals surface area contributed by atoms with Crippen LogP contribution in [-0.2, 0) is 9.53 Å². The molecule has 4 heteroatoms. The molecule has 1 aliphatic heterocycles. The Morgan fingerprint density at radius 1 is 1.56 bits per heavy atom. The second-order valence-electron chi connectivity index (χ2n) is 5.56. The highest BCUT2D eigenvalue weighted by atomic mass is 16.5. The molecule has 2 atom stereocenters. The summed E-state index contributed by atoms with van der Waals surface area (Å²) in [6.45, 7) is 9.94. The van der Waals surface area contributed by atoms with E-state index in [0.29, 0.717) is 5.92 Å². The Morgan fingerprint density at radius 2 is 2.19 bits per heavy atom. The molecule has 0 aromatic carbocycles. The predicted molar refractivity (Wildman–Crippen MR) is 62.5 cm³/mol. The van der Waals surface area contributed by atoms with Crippen molar-refractivity contribution >= 4 is 5.97 Å². The van der Waals surface area contributed by atoms with E-state index in [1.54, 1.807) is 0 Å². The van der Waals surface area contributed by atoms with Gasteiger partial charge in [0.15, 0.2) is 0 Å². The van der Waals surface area contributed by atoms with E-state index in [9.17, 15) is 4.79 Å². The molecule has 0 bridgehead atoms. The molecule has 0 aromatic rings. The summed E-state index contributed by atoms with van der Waals surface area (Å²) in [5.41, 5.74) is -0.125. The van der Waals surface area contributed by atoms with Crippen LogP contribution in [0.25, 0.3) is 0 Å². The molecule has 1 heterocycles. The van der Waals surface area contributed by atoms with Gasteiger partial charge < -0.3 is 9.84 Å². The number of carbonyl (C=O) groups is 1. The topological polar surface area (TPSA) is 49.8 Å². The Balaban J connectivity index is 2.70. The van der Waals surface area contributed by atoms with E-state index in [2.05, 4.69) is 32.6 Å². The second kappa shape index (κ2) is 5.15. The van der Waals surface area contributed by atoms with Crippen LogP contribution >= 0.6 is 0 Å². The number of hydrogen-bond acceptors (Lipinski definition) is 3. The van der Waals surface area contributed by atoms with Crippen LogP contribution < -0.4 is 0 Å². The van der Waals surface area contributed by atoms with E-state index in [-0.39, 0.29) is 18.1 Å². The van der Waals surface area contributed by atoms with Gasteiger partial charge in [-0.2, -0.15) is 0 Å². The van der Waals surface area contributed by atoms with Gasteiger partial charge in [0.1, 0.15) is 0 Å². The summed E-state index contributed by atoms with van der Waals surface area (Å²) in [5, 5.41) is 8.97. The molecule has 16 heavy (non-hydrogen) atoms. The first-order valence-corrected chi connectivity index (χ1v) is 5.88. The molecule has 0 aliphatic carbocycles. The molecule has 1 N–H and O–H groups in total. The number of carboxylic acid groups (broad SMARTS) is 1. The van der Waals surface area contributed by atoms with Crippen LogP contribution in [0.15, 0.2) is 0 Å². The predicted octanol–water partition coefficient (Wildman–Crippen LogP) is 1.60. The van der Waals surface area contributed by atoms with Gasteiger partial charge in [0, 0.05) is 18.2 Å². The van der Waals surface area contributed by atoms with Crippen molar-refractivity contribution < 1.29 is 14.6 Å². The van der Waals surface area contributed by atoms with Crippen LogP contribution in [0, 0.1) is 5.92 Å². The van der Waals surface area contributed by atoms with Crippen molar-refractivity contribution in [3.8, 4) is 0 Å². The van der Waals surface area contributed by atoms with Crippen molar-refractivity contribution in [2.24, 2.45) is 5.92 Å². The summed E-state index contributed by atoms with van der Waals surface area (Å²) in [6.07, 6.45) is 1.04. The third-order valence-corrected chi connectivity index (χ3v) is 3.31. The monoisotopic (exact) mass is 229 g/mol. The van der Waals surface area contributed by atoms with Gasteiger partial charge in [-0.1, -0.05) is 0 Å². The van der Waals surface area contributed by atoms with E-state index in [1.165, 1.54) is 0 Å². The van der Waals surface area contributed by atoms with Crippen molar-refractivity contribution in [1.82, 2.24) is 4.90 Å². The zero-order valence-corrected chi connectivity index (χ0v) is 10.7. The molecule has 0 saturated carbocycles. The molecule has 94 valence electrons. The van der Waals surface area contributed by atoms with Gasteiger partial charge in [0.25, 0.3) is 0 Å². The molecule has 0 aromatic heterocycles. The van der Waals surface area contributed by atoms with Crippen LogP contribution in [0.4, 0.5) is 0 Å². The number of ether oxygens (including phenoxy) is 1. The number of rotatable bonds is 4. The SMILES string of the molecule is CC(C1CCOC1)N(CC(=O)O)C(C)(C)C. The highest BCUT2D eigenvalue weighted by Crippen LogP contribution is 2.26. The first kappa shape index (κ1) is 13.5. The maximum atomic E-state index is 10.9. The molecule has 2 unspecified atom stereocenters. The van der Waals surface area contributed by atoms with Crippen LogP contribution in [0.1, 0.15) is 34.1 Å². The summed E-state index contributed by atoms with van der Waals surface area (Å²) in [6, 6.07) is 0.249. The number of aliphatic carboxylic acids is 1. The highest BCUT2D eigenvalue weighted by Gasteiger charge is 2.34. The molecule has 0 radical (unpaired) electrons. The van der Waals surface area contributed by atoms with Crippen LogP contribution in [0.5, 0.6) is 0 Å². The standard InChI is InChI=1S/C12H23NO3/c1-9(10-5-6-16-8-10)13(7-11(14)15)12(2,3)4/h9-10H,5-8H2,1-4H3,(H,14,15). The quantitative estimate of drug-likeness (QED) is 0.795. The zero-order valence-electron chi connectivity index (χ0n) is 10.7. The molecule has 4 nitrogen and oxygen atoms in total. The average Bonchev–Trinajstić information content (AvgIpc) is 2.63. The van der Waals surface area contributed by atoms with Gasteiger partial charge in [0.2, 0.25) is 0 Å². The maximum absolute atomic E-state index is 10.9. The number of hydrogen-bond donors (Lipinski definition) is 1. The molecule has 1 aliphatic rings. The van der Waals surface area contributed by atoms with Gasteiger partial charge in [-0.3, -0.25) is 9.69 Å². The molecular weight excluding hydrogens is 206 g/mol. The lowest BCUT2D eigenvalue weighted by Crippen LogP contribution is -2.52. The summed E-state index contributed by atoms with van der Waals surface area (Å²) >= 11 is 0. The Kier molecular flexibility index (Phi) is 4.33. The van der Waals surface area contributed by atoms with E-state index in [1.807, 2.05) is 0 Å². The first-order valence-electron chi connectivity index (χ1n) is 5.88. The average molecular weight is 229 g/mol. The molecule has 0 spiro atoms. The Morgan fingerprint density at radius 3 is 2.56 bits per heavy atom. The Bertz CT molecular complexity index is 241. The van der Waals surface area contributed by atoms with Crippen molar-refractivity contribution in [3.05, 3.63) is 0 Å². The van der Waals surface area contributed by atoms with Crippen molar-refractivity contribution in [3.63, 3.8) is 0 Å². The van der Waals surface area contributed by atoms with Gasteiger partial charge in [-0.15, -0.1) is 0 Å². The van der Waals surface area contributed by atoms with Crippen molar-refractivity contribution in [2.75, 3.05) is 19.8 Å². The first-order chi connectivity index (χ1) is 7.32. The fraction of sp³-hybridized carbons (Fsp3) is 0.917. The van der Waals surface area contributed by atoms with Gasteiger partial charge in [-0.25, -0.2) is 0 Å². The minimum atomic E-state index is -0.763. The van der Waals surface area contributed by atoms with Gasteiger partial charge in [0.05, 0.1) is 13.2 Å². The largest absolute Gasteiger partial charge is 0.480 e. The fourth-order valence-corrected chi connectivity index (χ4v) is 2.33. The zero-order chi connectivity index (χ0) is 12.3. The molecule has 1 fully saturated rings. The van der Waals surface area contributed by atoms with Gasteiger partial charge in [-0.05, 0) is 40.0 Å². The molecule has 1 saturated heterocycles. The molecular formula is C12H23NO3. The lowest BCUT2D eigenvalue weighted by molar-refractivity contribution is -0.141. The van der Waals surface area contributed by atoms with Crippen LogP contribution in [0.2, 0.25) is 0 Å². The highest BCUT2D eigenvalue weighted by molar-refractivity contribution is 5.69. The maximum Gasteiger partial charge on any atom is 0.317 e. The van der Waals surface area contributed by atoms with Crippen molar-refractivity contribution in [2.45, 2.75) is 45.7 Å². The van der Waals surface area contributed by atoms with E-state index in [4.69, 9.17) is 9.84 Å². The minimum absolute atomic E-state index is 0.0984. The summed E-state index contributed by atoms with van der Waals surface area (Å²) in [7, 11) is 0. The van der Waals surface area contributed by atoms with E-state index >= 15 is 0 Å². The third-order valence-electron chi connectivity index (χ3n) is 3.31. The van der Waals surface area contributed by atoms with Crippen LogP contribution in [-0.4, -0.2) is 47.3 Å². The summed E-state index contributed by atoms with van der Waals surface area (Å²) in [5.74, 6) is -0.306.